The molecule has 1 amide bonds. The topological polar surface area (TPSA) is 75.7 Å². The summed E-state index contributed by atoms with van der Waals surface area (Å²) >= 11 is 12.1. The zero-order chi connectivity index (χ0) is 26.5. The lowest BCUT2D eigenvalue weighted by molar-refractivity contribution is -0.119. The molecule has 0 atom stereocenters. The zero-order valence-corrected chi connectivity index (χ0v) is 23.0. The Hall–Kier alpha value is -2.74. The Morgan fingerprint density at radius 2 is 1.58 bits per heavy atom. The highest BCUT2D eigenvalue weighted by atomic mass is 35.5. The Bertz CT molecular complexity index is 1300. The summed E-state index contributed by atoms with van der Waals surface area (Å²) in [7, 11) is -4.05. The second kappa shape index (κ2) is 11.5. The molecule has 0 saturated carbocycles. The van der Waals surface area contributed by atoms with Crippen molar-refractivity contribution in [2.75, 3.05) is 24.0 Å². The second-order valence-electron chi connectivity index (χ2n) is 9.40. The number of nitrogens with zero attached hydrogens (tertiary/aromatic N) is 1. The van der Waals surface area contributed by atoms with E-state index in [2.05, 4.69) is 26.1 Å². The molecule has 0 aliphatic carbocycles. The minimum atomic E-state index is -4.05. The molecule has 192 valence electrons. The minimum absolute atomic E-state index is 0.0472. The molecule has 6 nitrogen and oxygen atoms in total. The smallest absolute Gasteiger partial charge is 0.264 e. The fourth-order valence-corrected chi connectivity index (χ4v) is 5.09. The number of amides is 1. The maximum atomic E-state index is 13.4. The largest absolute Gasteiger partial charge is 0.492 e. The lowest BCUT2D eigenvalue weighted by atomic mass is 9.87. The molecule has 3 rings (SSSR count). The molecule has 1 N–H and O–H groups in total. The van der Waals surface area contributed by atoms with Crippen molar-refractivity contribution in [2.24, 2.45) is 0 Å². The van der Waals surface area contributed by atoms with Gasteiger partial charge in [0.2, 0.25) is 5.91 Å². The van der Waals surface area contributed by atoms with Crippen molar-refractivity contribution in [3.63, 3.8) is 0 Å². The van der Waals surface area contributed by atoms with E-state index in [-0.39, 0.29) is 39.2 Å². The number of anilines is 1. The molecule has 0 bridgehead atoms. The zero-order valence-electron chi connectivity index (χ0n) is 20.7. The normalized spacial score (nSPS) is 11.7. The maximum absolute atomic E-state index is 13.4. The van der Waals surface area contributed by atoms with Crippen LogP contribution in [0, 0.1) is 6.92 Å². The van der Waals surface area contributed by atoms with Crippen molar-refractivity contribution in [3.8, 4) is 5.75 Å². The van der Waals surface area contributed by atoms with Crippen LogP contribution in [-0.4, -0.2) is 34.0 Å². The third-order valence-corrected chi connectivity index (χ3v) is 8.03. The summed E-state index contributed by atoms with van der Waals surface area (Å²) in [6, 6.07) is 18.6. The van der Waals surface area contributed by atoms with Gasteiger partial charge in [-0.15, -0.1) is 0 Å². The van der Waals surface area contributed by atoms with Crippen LogP contribution in [0.1, 0.15) is 31.9 Å². The van der Waals surface area contributed by atoms with Gasteiger partial charge in [0.15, 0.2) is 0 Å². The van der Waals surface area contributed by atoms with E-state index in [1.165, 1.54) is 35.9 Å². The molecule has 9 heteroatoms. The maximum Gasteiger partial charge on any atom is 0.264 e. The Labute approximate surface area is 223 Å². The van der Waals surface area contributed by atoms with Crippen LogP contribution < -0.4 is 14.4 Å². The van der Waals surface area contributed by atoms with Crippen molar-refractivity contribution in [2.45, 2.75) is 38.0 Å². The average molecular weight is 550 g/mol. The monoisotopic (exact) mass is 548 g/mol. The van der Waals surface area contributed by atoms with Crippen molar-refractivity contribution in [1.29, 1.82) is 0 Å². The van der Waals surface area contributed by atoms with Gasteiger partial charge in [0.1, 0.15) is 18.9 Å². The van der Waals surface area contributed by atoms with Crippen LogP contribution in [0.15, 0.2) is 71.6 Å². The van der Waals surface area contributed by atoms with E-state index in [9.17, 15) is 13.2 Å². The first-order valence-electron chi connectivity index (χ1n) is 11.4. The lowest BCUT2D eigenvalue weighted by Gasteiger charge is -2.24. The van der Waals surface area contributed by atoms with Crippen LogP contribution in [0.25, 0.3) is 0 Å². The number of benzene rings is 3. The molecule has 0 aliphatic heterocycles. The summed E-state index contributed by atoms with van der Waals surface area (Å²) in [6.45, 7) is 8.28. The predicted octanol–water partition coefficient (Wildman–Crippen LogP) is 5.99. The molecule has 0 aliphatic rings. The van der Waals surface area contributed by atoms with Gasteiger partial charge in [-0.3, -0.25) is 9.10 Å². The van der Waals surface area contributed by atoms with E-state index >= 15 is 0 Å². The quantitative estimate of drug-likeness (QED) is 0.333. The van der Waals surface area contributed by atoms with Crippen molar-refractivity contribution in [3.05, 3.63) is 87.9 Å². The SMILES string of the molecule is Cc1ccc(S(=O)(=O)N(CC(=O)NCCOc2ccc(C(C)(C)C)cc2)c2ccc(Cl)c(Cl)c2)cc1. The van der Waals surface area contributed by atoms with E-state index in [4.69, 9.17) is 27.9 Å². The van der Waals surface area contributed by atoms with Crippen molar-refractivity contribution in [1.82, 2.24) is 5.32 Å². The highest BCUT2D eigenvalue weighted by Gasteiger charge is 2.27. The molecule has 0 unspecified atom stereocenters. The van der Waals surface area contributed by atoms with E-state index in [0.29, 0.717) is 5.75 Å². The summed E-state index contributed by atoms with van der Waals surface area (Å²) in [5, 5.41) is 3.19. The highest BCUT2D eigenvalue weighted by molar-refractivity contribution is 7.92. The Kier molecular flexibility index (Phi) is 8.93. The fourth-order valence-electron chi connectivity index (χ4n) is 3.39. The molecule has 0 heterocycles. The molecule has 36 heavy (non-hydrogen) atoms. The van der Waals surface area contributed by atoms with Crippen LogP contribution in [0.3, 0.4) is 0 Å². The molecule has 0 fully saturated rings. The van der Waals surface area contributed by atoms with Gasteiger partial charge >= 0.3 is 0 Å². The van der Waals surface area contributed by atoms with E-state index in [1.807, 2.05) is 31.2 Å². The number of sulfonamides is 1. The molecular formula is C27H30Cl2N2O4S. The summed E-state index contributed by atoms with van der Waals surface area (Å²) in [5.41, 5.74) is 2.39. The molecule has 0 radical (unpaired) electrons. The first-order chi connectivity index (χ1) is 16.9. The summed E-state index contributed by atoms with van der Waals surface area (Å²) in [6.07, 6.45) is 0. The average Bonchev–Trinajstić information content (AvgIpc) is 2.82. The number of halogens is 2. The molecule has 3 aromatic rings. The summed E-state index contributed by atoms with van der Waals surface area (Å²) in [5.74, 6) is 0.208. The van der Waals surface area contributed by atoms with Gasteiger partial charge in [0.25, 0.3) is 10.0 Å². The number of carbonyl (C=O) groups excluding carboxylic acids is 1. The minimum Gasteiger partial charge on any atom is -0.492 e. The van der Waals surface area contributed by atoms with Crippen LogP contribution >= 0.6 is 23.2 Å². The Morgan fingerprint density at radius 3 is 2.17 bits per heavy atom. The predicted molar refractivity (Wildman–Crippen MR) is 146 cm³/mol. The number of hydrogen-bond acceptors (Lipinski definition) is 4. The molecule has 0 spiro atoms. The molecule has 0 aromatic heterocycles. The van der Waals surface area contributed by atoms with Gasteiger partial charge in [-0.1, -0.05) is 73.8 Å². The van der Waals surface area contributed by atoms with Crippen molar-refractivity contribution >= 4 is 44.8 Å². The van der Waals surface area contributed by atoms with Crippen LogP contribution in [0.5, 0.6) is 5.75 Å². The molecule has 3 aromatic carbocycles. The number of nitrogens with one attached hydrogen (secondary N) is 1. The van der Waals surface area contributed by atoms with Gasteiger partial charge in [0.05, 0.1) is 27.2 Å². The van der Waals surface area contributed by atoms with Gasteiger partial charge < -0.3 is 10.1 Å². The molecule has 0 saturated heterocycles. The number of hydrogen-bond donors (Lipinski definition) is 1. The Morgan fingerprint density at radius 1 is 0.944 bits per heavy atom. The molecular weight excluding hydrogens is 519 g/mol. The second-order valence-corrected chi connectivity index (χ2v) is 12.1. The number of carbonyl (C=O) groups is 1. The van der Waals surface area contributed by atoms with Crippen LogP contribution in [0.2, 0.25) is 10.0 Å². The fraction of sp³-hybridized carbons (Fsp3) is 0.296. The van der Waals surface area contributed by atoms with Crippen molar-refractivity contribution < 1.29 is 17.9 Å². The van der Waals surface area contributed by atoms with Crippen LogP contribution in [-0.2, 0) is 20.2 Å². The third-order valence-electron chi connectivity index (χ3n) is 5.50. The standard InChI is InChI=1S/C27H30Cl2N2O4S/c1-19-5-12-23(13-6-19)36(33,34)31(21-9-14-24(28)25(29)17-21)18-26(32)30-15-16-35-22-10-7-20(8-11-22)27(2,3)4/h5-14,17H,15-16,18H2,1-4H3,(H,30,32). The van der Waals surface area contributed by atoms with E-state index in [0.717, 1.165) is 9.87 Å². The highest BCUT2D eigenvalue weighted by Crippen LogP contribution is 2.30. The first kappa shape index (κ1) is 27.8. The van der Waals surface area contributed by atoms with Gasteiger partial charge in [-0.05, 0) is 60.4 Å². The number of aryl methyl sites for hydroxylation is 1. The van der Waals surface area contributed by atoms with Gasteiger partial charge in [-0.25, -0.2) is 8.42 Å². The number of ether oxygens (including phenoxy) is 1. The summed E-state index contributed by atoms with van der Waals surface area (Å²) in [4.78, 5) is 12.8. The summed E-state index contributed by atoms with van der Waals surface area (Å²) < 4.78 is 33.6. The van der Waals surface area contributed by atoms with Crippen LogP contribution in [0.4, 0.5) is 5.69 Å². The first-order valence-corrected chi connectivity index (χ1v) is 13.6. The van der Waals surface area contributed by atoms with E-state index < -0.39 is 22.5 Å². The van der Waals surface area contributed by atoms with Gasteiger partial charge in [-0.2, -0.15) is 0 Å². The van der Waals surface area contributed by atoms with Gasteiger partial charge in [0, 0.05) is 0 Å². The van der Waals surface area contributed by atoms with E-state index in [1.54, 1.807) is 12.1 Å². The number of rotatable bonds is 9. The third kappa shape index (κ3) is 7.15. The Balaban J connectivity index is 1.68. The lowest BCUT2D eigenvalue weighted by Crippen LogP contribution is -2.42.